The van der Waals surface area contributed by atoms with E-state index in [1.807, 2.05) is 0 Å². The van der Waals surface area contributed by atoms with E-state index >= 15 is 0 Å². The average molecular weight is 907 g/mol. The van der Waals surface area contributed by atoms with Crippen LogP contribution in [0.5, 0.6) is 0 Å². The topological polar surface area (TPSA) is 390 Å². The van der Waals surface area contributed by atoms with E-state index in [0.717, 1.165) is 19.8 Å². The van der Waals surface area contributed by atoms with Gasteiger partial charge in [-0.25, -0.2) is 0 Å². The van der Waals surface area contributed by atoms with Gasteiger partial charge in [0, 0.05) is 13.5 Å². The monoisotopic (exact) mass is 906 g/mol. The molecule has 5 fully saturated rings. The normalized spacial score (nSPS) is 49.1. The SMILES string of the molecule is CC(=O)N[C@H]1[C@H](O[C@H]2[C@H](O[C@H]3[C@H](OCCCCCN)O[C@@H](C)[C@H](O)[C@H]3O)O[C@@H](C)[C@H](O)[C@H]2O)O[C@H](CO)[C@@H](O[C@H]2O[C@H](CO)[C@@H](O)[C@H](O)[C@H]2O)[C@@H]1O[C@@H]1O[C@@H](C)[C@H](O)[C@@H](O)[C@H]1O. The smallest absolute Gasteiger partial charge is 0.217 e. The zero-order valence-corrected chi connectivity index (χ0v) is 34.8. The van der Waals surface area contributed by atoms with Gasteiger partial charge < -0.3 is 120 Å². The van der Waals surface area contributed by atoms with E-state index in [2.05, 4.69) is 5.32 Å². The number of nitrogens with one attached hydrogen (secondary N) is 1. The zero-order valence-electron chi connectivity index (χ0n) is 34.8. The third-order valence-electron chi connectivity index (χ3n) is 11.7. The number of carbonyl (C=O) groups is 1. The van der Waals surface area contributed by atoms with Crippen LogP contribution < -0.4 is 11.1 Å². The lowest BCUT2D eigenvalue weighted by molar-refractivity contribution is -0.398. The molecule has 0 aliphatic carbocycles. The van der Waals surface area contributed by atoms with Gasteiger partial charge >= 0.3 is 0 Å². The van der Waals surface area contributed by atoms with Crippen LogP contribution in [0, 0.1) is 0 Å². The number of aliphatic hydroxyl groups excluding tert-OH is 12. The predicted molar refractivity (Wildman–Crippen MR) is 201 cm³/mol. The summed E-state index contributed by atoms with van der Waals surface area (Å²) in [5.41, 5.74) is 5.59. The molecule has 25 heteroatoms. The van der Waals surface area contributed by atoms with Crippen LogP contribution in [0.2, 0.25) is 0 Å². The van der Waals surface area contributed by atoms with Crippen LogP contribution in [0.1, 0.15) is 47.0 Å². The lowest BCUT2D eigenvalue weighted by Gasteiger charge is -2.51. The van der Waals surface area contributed by atoms with Gasteiger partial charge in [-0.1, -0.05) is 0 Å². The second-order valence-electron chi connectivity index (χ2n) is 16.3. The van der Waals surface area contributed by atoms with Crippen molar-refractivity contribution in [1.29, 1.82) is 0 Å². The summed E-state index contributed by atoms with van der Waals surface area (Å²) in [7, 11) is 0. The number of nitrogens with two attached hydrogens (primary N) is 1. The van der Waals surface area contributed by atoms with Crippen molar-refractivity contribution in [3.8, 4) is 0 Å². The fraction of sp³-hybridized carbons (Fsp3) is 0.973. The van der Waals surface area contributed by atoms with Gasteiger partial charge in [-0.15, -0.1) is 0 Å². The second kappa shape index (κ2) is 22.8. The van der Waals surface area contributed by atoms with E-state index < -0.39 is 173 Å². The Bertz CT molecular complexity index is 1380. The van der Waals surface area contributed by atoms with E-state index in [0.29, 0.717) is 13.0 Å². The van der Waals surface area contributed by atoms with Crippen LogP contribution in [0.4, 0.5) is 0 Å². The molecule has 25 atom stereocenters. The first kappa shape index (κ1) is 51.5. The van der Waals surface area contributed by atoms with Crippen molar-refractivity contribution in [3.05, 3.63) is 0 Å². The van der Waals surface area contributed by atoms with Gasteiger partial charge in [0.15, 0.2) is 31.5 Å². The van der Waals surface area contributed by atoms with Gasteiger partial charge in [-0.05, 0) is 46.6 Å². The molecule has 0 aromatic heterocycles. The van der Waals surface area contributed by atoms with Gasteiger partial charge in [-0.3, -0.25) is 4.79 Å². The third-order valence-corrected chi connectivity index (χ3v) is 11.7. The molecule has 5 aliphatic rings. The van der Waals surface area contributed by atoms with Crippen LogP contribution in [-0.2, 0) is 52.2 Å². The minimum atomic E-state index is -2.00. The van der Waals surface area contributed by atoms with Crippen LogP contribution >= 0.6 is 0 Å². The highest BCUT2D eigenvalue weighted by atomic mass is 16.8. The summed E-state index contributed by atoms with van der Waals surface area (Å²) >= 11 is 0. The standard InChI is InChI=1S/C37H66N2O23/c1-12-19(43)23(47)27(51)34(54-12)60-30-18(39-15(4)42)33(58-17(11-41)29(30)59-35-28(52)24(48)22(46)16(10-40)57-35)61-32-26(50)21(45)14(3)56-37(32)62-31-25(49)20(44)13(2)55-36(31)53-9-7-5-6-8-38/h12-14,16-37,40-41,43-52H,5-11,38H2,1-4H3,(H,39,42)/t12-,13-,14-,16+,17+,18+,19-,20-,21-,22+,23+,24-,25+,26+,27+,28+,29+,30+,31+,32+,33-,34-,35+,36+,37-/m0/s1. The number of hydrogen-bond donors (Lipinski definition) is 14. The lowest BCUT2D eigenvalue weighted by Crippen LogP contribution is -2.71. The van der Waals surface area contributed by atoms with Crippen molar-refractivity contribution in [2.24, 2.45) is 5.73 Å². The predicted octanol–water partition coefficient (Wildman–Crippen LogP) is -7.54. The molecule has 0 radical (unpaired) electrons. The summed E-state index contributed by atoms with van der Waals surface area (Å²) in [4.78, 5) is 12.9. The summed E-state index contributed by atoms with van der Waals surface area (Å²) in [6.45, 7) is 4.15. The highest BCUT2D eigenvalue weighted by molar-refractivity contribution is 5.73. The molecule has 5 heterocycles. The Kier molecular flexibility index (Phi) is 19.0. The molecular formula is C37H66N2O23. The number of carbonyl (C=O) groups excluding carboxylic acids is 1. The first-order chi connectivity index (χ1) is 29.3. The fourth-order valence-electron chi connectivity index (χ4n) is 7.97. The Hall–Kier alpha value is -1.45. The van der Waals surface area contributed by atoms with Gasteiger partial charge in [0.1, 0.15) is 104 Å². The van der Waals surface area contributed by atoms with Gasteiger partial charge in [-0.2, -0.15) is 0 Å². The Balaban J connectivity index is 1.50. The van der Waals surface area contributed by atoms with Crippen molar-refractivity contribution in [1.82, 2.24) is 5.32 Å². The summed E-state index contributed by atoms with van der Waals surface area (Å²) in [5.74, 6) is -0.775. The Morgan fingerprint density at radius 3 is 1.52 bits per heavy atom. The fourth-order valence-corrected chi connectivity index (χ4v) is 7.97. The van der Waals surface area contributed by atoms with Crippen LogP contribution in [-0.4, -0.2) is 247 Å². The van der Waals surface area contributed by atoms with E-state index in [1.165, 1.54) is 20.8 Å². The average Bonchev–Trinajstić information content (AvgIpc) is 3.24. The number of unbranched alkanes of at least 4 members (excludes halogenated alkanes) is 2. The van der Waals surface area contributed by atoms with Gasteiger partial charge in [0.2, 0.25) is 5.91 Å². The minimum Gasteiger partial charge on any atom is -0.394 e. The van der Waals surface area contributed by atoms with Gasteiger partial charge in [0.25, 0.3) is 0 Å². The number of hydrogen-bond acceptors (Lipinski definition) is 24. The summed E-state index contributed by atoms with van der Waals surface area (Å²) in [6, 6.07) is -1.67. The maximum atomic E-state index is 12.9. The minimum absolute atomic E-state index is 0.141. The van der Waals surface area contributed by atoms with Crippen molar-refractivity contribution in [2.45, 2.75) is 200 Å². The largest absolute Gasteiger partial charge is 0.394 e. The molecule has 0 bridgehead atoms. The molecule has 62 heavy (non-hydrogen) atoms. The third kappa shape index (κ3) is 11.6. The first-order valence-corrected chi connectivity index (χ1v) is 20.8. The highest BCUT2D eigenvalue weighted by Gasteiger charge is 2.57. The lowest BCUT2D eigenvalue weighted by atomic mass is 9.93. The molecule has 5 saturated heterocycles. The van der Waals surface area contributed by atoms with E-state index in [4.69, 9.17) is 53.1 Å². The molecule has 5 aliphatic heterocycles. The Morgan fingerprint density at radius 2 is 0.952 bits per heavy atom. The van der Waals surface area contributed by atoms with Crippen LogP contribution in [0.15, 0.2) is 0 Å². The summed E-state index contributed by atoms with van der Waals surface area (Å²) in [5, 5.41) is 131. The zero-order chi connectivity index (χ0) is 45.7. The summed E-state index contributed by atoms with van der Waals surface area (Å²) < 4.78 is 59.7. The maximum Gasteiger partial charge on any atom is 0.217 e. The van der Waals surface area contributed by atoms with Gasteiger partial charge in [0.05, 0.1) is 31.5 Å². The van der Waals surface area contributed by atoms with E-state index in [-0.39, 0.29) is 6.61 Å². The van der Waals surface area contributed by atoms with Crippen molar-refractivity contribution < 1.29 is 113 Å². The molecule has 25 nitrogen and oxygen atoms in total. The quantitative estimate of drug-likeness (QED) is 0.0603. The molecule has 0 aromatic rings. The molecule has 0 spiro atoms. The molecule has 0 aromatic carbocycles. The second-order valence-corrected chi connectivity index (χ2v) is 16.3. The first-order valence-electron chi connectivity index (χ1n) is 20.8. The van der Waals surface area contributed by atoms with Crippen molar-refractivity contribution in [2.75, 3.05) is 26.4 Å². The van der Waals surface area contributed by atoms with E-state index in [1.54, 1.807) is 0 Å². The number of ether oxygens (including phenoxy) is 10. The van der Waals surface area contributed by atoms with Crippen LogP contribution in [0.3, 0.4) is 0 Å². The molecule has 0 saturated carbocycles. The molecule has 15 N–H and O–H groups in total. The van der Waals surface area contributed by atoms with Crippen molar-refractivity contribution >= 4 is 5.91 Å². The molecule has 1 amide bonds. The molecule has 5 rings (SSSR count). The van der Waals surface area contributed by atoms with Crippen molar-refractivity contribution in [3.63, 3.8) is 0 Å². The highest BCUT2D eigenvalue weighted by Crippen LogP contribution is 2.37. The summed E-state index contributed by atoms with van der Waals surface area (Å²) in [6.07, 6.45) is -37.4. The number of aliphatic hydroxyl groups is 12. The molecule has 362 valence electrons. The Morgan fingerprint density at radius 1 is 0.500 bits per heavy atom. The number of amides is 1. The number of rotatable bonds is 17. The molecule has 0 unspecified atom stereocenters. The Labute approximate surface area is 357 Å². The van der Waals surface area contributed by atoms with Crippen LogP contribution in [0.25, 0.3) is 0 Å². The van der Waals surface area contributed by atoms with E-state index in [9.17, 15) is 66.1 Å². The maximum absolute atomic E-state index is 12.9. The molecular weight excluding hydrogens is 840 g/mol.